The van der Waals surface area contributed by atoms with E-state index in [1.54, 1.807) is 12.1 Å². The SMILES string of the molecule is CC(C)CN(CCNc1cccc(F)c1)C1CCCC1. The number of anilines is 1. The minimum Gasteiger partial charge on any atom is -0.384 e. The van der Waals surface area contributed by atoms with Crippen LogP contribution in [0.3, 0.4) is 0 Å². The number of halogens is 1. The van der Waals surface area contributed by atoms with Crippen molar-refractivity contribution in [1.82, 2.24) is 4.90 Å². The molecule has 1 N–H and O–H groups in total. The lowest BCUT2D eigenvalue weighted by molar-refractivity contribution is 0.184. The van der Waals surface area contributed by atoms with Crippen molar-refractivity contribution in [2.24, 2.45) is 5.92 Å². The van der Waals surface area contributed by atoms with E-state index < -0.39 is 0 Å². The Morgan fingerprint density at radius 1 is 1.30 bits per heavy atom. The highest BCUT2D eigenvalue weighted by Gasteiger charge is 2.22. The third kappa shape index (κ3) is 4.78. The highest BCUT2D eigenvalue weighted by Crippen LogP contribution is 2.24. The Kier molecular flexibility index (Phi) is 5.84. The summed E-state index contributed by atoms with van der Waals surface area (Å²) < 4.78 is 13.1. The number of benzene rings is 1. The predicted molar refractivity (Wildman–Crippen MR) is 83.6 cm³/mol. The van der Waals surface area contributed by atoms with Gasteiger partial charge in [0.25, 0.3) is 0 Å². The normalized spacial score (nSPS) is 16.2. The molecule has 0 bridgehead atoms. The molecule has 112 valence electrons. The zero-order chi connectivity index (χ0) is 14.4. The van der Waals surface area contributed by atoms with E-state index in [0.29, 0.717) is 5.92 Å². The first-order valence-electron chi connectivity index (χ1n) is 7.88. The summed E-state index contributed by atoms with van der Waals surface area (Å²) in [6.45, 7) is 7.64. The number of nitrogens with one attached hydrogen (secondary N) is 1. The van der Waals surface area contributed by atoms with Crippen LogP contribution >= 0.6 is 0 Å². The fourth-order valence-corrected chi connectivity index (χ4v) is 3.10. The van der Waals surface area contributed by atoms with Gasteiger partial charge in [0.2, 0.25) is 0 Å². The van der Waals surface area contributed by atoms with Crippen molar-refractivity contribution in [2.45, 2.75) is 45.6 Å². The van der Waals surface area contributed by atoms with Crippen LogP contribution in [0.15, 0.2) is 24.3 Å². The third-order valence-corrected chi connectivity index (χ3v) is 3.99. The van der Waals surface area contributed by atoms with Crippen LogP contribution in [0.25, 0.3) is 0 Å². The summed E-state index contributed by atoms with van der Waals surface area (Å²) >= 11 is 0. The number of hydrogen-bond acceptors (Lipinski definition) is 2. The summed E-state index contributed by atoms with van der Waals surface area (Å²) in [6, 6.07) is 7.47. The smallest absolute Gasteiger partial charge is 0.125 e. The fraction of sp³-hybridized carbons (Fsp3) is 0.647. The lowest BCUT2D eigenvalue weighted by atomic mass is 10.1. The van der Waals surface area contributed by atoms with Crippen LogP contribution in [0.2, 0.25) is 0 Å². The molecule has 2 rings (SSSR count). The van der Waals surface area contributed by atoms with Crippen molar-refractivity contribution in [3.8, 4) is 0 Å². The van der Waals surface area contributed by atoms with Gasteiger partial charge >= 0.3 is 0 Å². The predicted octanol–water partition coefficient (Wildman–Crippen LogP) is 4.14. The molecule has 1 saturated carbocycles. The van der Waals surface area contributed by atoms with Crippen LogP contribution in [0.4, 0.5) is 10.1 Å². The summed E-state index contributed by atoms with van der Waals surface area (Å²) in [5, 5.41) is 3.33. The molecule has 1 aromatic carbocycles. The van der Waals surface area contributed by atoms with Gasteiger partial charge in [0, 0.05) is 31.4 Å². The van der Waals surface area contributed by atoms with E-state index in [0.717, 1.165) is 31.4 Å². The second-order valence-corrected chi connectivity index (χ2v) is 6.26. The topological polar surface area (TPSA) is 15.3 Å². The summed E-state index contributed by atoms with van der Waals surface area (Å²) in [6.07, 6.45) is 5.42. The Morgan fingerprint density at radius 2 is 2.05 bits per heavy atom. The molecule has 0 spiro atoms. The first-order valence-corrected chi connectivity index (χ1v) is 7.88. The van der Waals surface area contributed by atoms with Gasteiger partial charge in [0.05, 0.1) is 0 Å². The zero-order valence-electron chi connectivity index (χ0n) is 12.7. The maximum absolute atomic E-state index is 13.1. The van der Waals surface area contributed by atoms with Gasteiger partial charge in [-0.3, -0.25) is 4.90 Å². The van der Waals surface area contributed by atoms with Gasteiger partial charge in [0.15, 0.2) is 0 Å². The molecule has 1 aliphatic rings. The lowest BCUT2D eigenvalue weighted by Crippen LogP contribution is -2.39. The maximum Gasteiger partial charge on any atom is 0.125 e. The van der Waals surface area contributed by atoms with E-state index in [-0.39, 0.29) is 5.82 Å². The average molecular weight is 278 g/mol. The van der Waals surface area contributed by atoms with E-state index in [4.69, 9.17) is 0 Å². The van der Waals surface area contributed by atoms with Crippen molar-refractivity contribution >= 4 is 5.69 Å². The Morgan fingerprint density at radius 3 is 2.70 bits per heavy atom. The molecular formula is C17H27FN2. The van der Waals surface area contributed by atoms with E-state index in [1.165, 1.54) is 31.7 Å². The van der Waals surface area contributed by atoms with Gasteiger partial charge < -0.3 is 5.32 Å². The number of nitrogens with zero attached hydrogens (tertiary/aromatic N) is 1. The fourth-order valence-electron chi connectivity index (χ4n) is 3.10. The van der Waals surface area contributed by atoms with Crippen LogP contribution in [0.1, 0.15) is 39.5 Å². The molecular weight excluding hydrogens is 251 g/mol. The van der Waals surface area contributed by atoms with E-state index in [2.05, 4.69) is 24.1 Å². The van der Waals surface area contributed by atoms with Gasteiger partial charge in [0.1, 0.15) is 5.82 Å². The summed E-state index contributed by atoms with van der Waals surface area (Å²) in [5.74, 6) is 0.523. The zero-order valence-corrected chi connectivity index (χ0v) is 12.7. The second kappa shape index (κ2) is 7.63. The third-order valence-electron chi connectivity index (χ3n) is 3.99. The molecule has 1 fully saturated rings. The maximum atomic E-state index is 13.1. The van der Waals surface area contributed by atoms with Crippen molar-refractivity contribution in [3.05, 3.63) is 30.1 Å². The van der Waals surface area contributed by atoms with E-state index in [9.17, 15) is 4.39 Å². The Hall–Kier alpha value is -1.09. The van der Waals surface area contributed by atoms with Gasteiger partial charge in [-0.1, -0.05) is 32.8 Å². The molecule has 0 aromatic heterocycles. The van der Waals surface area contributed by atoms with E-state index >= 15 is 0 Å². The van der Waals surface area contributed by atoms with Crippen molar-refractivity contribution in [2.75, 3.05) is 25.0 Å². The van der Waals surface area contributed by atoms with Crippen molar-refractivity contribution < 1.29 is 4.39 Å². The Balaban J connectivity index is 1.81. The average Bonchev–Trinajstić information content (AvgIpc) is 2.91. The number of hydrogen-bond donors (Lipinski definition) is 1. The van der Waals surface area contributed by atoms with Crippen LogP contribution in [0.5, 0.6) is 0 Å². The Labute approximate surface area is 122 Å². The van der Waals surface area contributed by atoms with Crippen LogP contribution < -0.4 is 5.32 Å². The molecule has 0 aliphatic heterocycles. The molecule has 3 heteroatoms. The highest BCUT2D eigenvalue weighted by molar-refractivity contribution is 5.42. The molecule has 20 heavy (non-hydrogen) atoms. The first-order chi connectivity index (χ1) is 9.65. The second-order valence-electron chi connectivity index (χ2n) is 6.26. The standard InChI is InChI=1S/C17H27FN2/c1-14(2)13-20(17-8-3-4-9-17)11-10-19-16-7-5-6-15(18)12-16/h5-7,12,14,17,19H,3-4,8-11,13H2,1-2H3. The molecule has 0 heterocycles. The molecule has 1 aliphatic carbocycles. The van der Waals surface area contributed by atoms with Crippen LogP contribution in [-0.4, -0.2) is 30.6 Å². The molecule has 0 atom stereocenters. The summed E-state index contributed by atoms with van der Waals surface area (Å²) in [4.78, 5) is 2.62. The van der Waals surface area contributed by atoms with E-state index in [1.807, 2.05) is 6.07 Å². The largest absolute Gasteiger partial charge is 0.384 e. The monoisotopic (exact) mass is 278 g/mol. The van der Waals surface area contributed by atoms with Crippen molar-refractivity contribution in [1.29, 1.82) is 0 Å². The first kappa shape index (κ1) is 15.3. The van der Waals surface area contributed by atoms with Crippen molar-refractivity contribution in [3.63, 3.8) is 0 Å². The minimum atomic E-state index is -0.176. The van der Waals surface area contributed by atoms with Gasteiger partial charge in [-0.25, -0.2) is 4.39 Å². The minimum absolute atomic E-state index is 0.176. The molecule has 1 aromatic rings. The van der Waals surface area contributed by atoms with Crippen LogP contribution in [0, 0.1) is 11.7 Å². The molecule has 0 unspecified atom stereocenters. The number of rotatable bonds is 7. The summed E-state index contributed by atoms with van der Waals surface area (Å²) in [7, 11) is 0. The molecule has 2 nitrogen and oxygen atoms in total. The summed E-state index contributed by atoms with van der Waals surface area (Å²) in [5.41, 5.74) is 0.876. The molecule has 0 saturated heterocycles. The van der Waals surface area contributed by atoms with Gasteiger partial charge in [-0.15, -0.1) is 0 Å². The highest BCUT2D eigenvalue weighted by atomic mass is 19.1. The van der Waals surface area contributed by atoms with Gasteiger partial charge in [-0.2, -0.15) is 0 Å². The van der Waals surface area contributed by atoms with Gasteiger partial charge in [-0.05, 0) is 37.0 Å². The molecule has 0 amide bonds. The quantitative estimate of drug-likeness (QED) is 0.806. The lowest BCUT2D eigenvalue weighted by Gasteiger charge is -2.30. The van der Waals surface area contributed by atoms with Crippen LogP contribution in [-0.2, 0) is 0 Å². The Bertz CT molecular complexity index is 400. The molecule has 0 radical (unpaired) electrons.